The molecule has 0 aliphatic carbocycles. The number of anilines is 1. The Bertz CT molecular complexity index is 1100. The predicted octanol–water partition coefficient (Wildman–Crippen LogP) is 4.84. The average Bonchev–Trinajstić information content (AvgIpc) is 2.73. The van der Waals surface area contributed by atoms with Gasteiger partial charge in [0.1, 0.15) is 18.0 Å². The van der Waals surface area contributed by atoms with Crippen molar-refractivity contribution in [3.8, 4) is 5.75 Å². The minimum Gasteiger partial charge on any atom is -0.489 e. The molecule has 3 rings (SSSR count). The first-order valence-electron chi connectivity index (χ1n) is 8.93. The van der Waals surface area contributed by atoms with Gasteiger partial charge in [-0.15, -0.1) is 0 Å². The summed E-state index contributed by atoms with van der Waals surface area (Å²) in [4.78, 5) is 20.6. The fourth-order valence-corrected chi connectivity index (χ4v) is 2.59. The largest absolute Gasteiger partial charge is 0.489 e. The van der Waals surface area contributed by atoms with E-state index in [1.54, 1.807) is 18.2 Å². The molecule has 0 aliphatic rings. The fourth-order valence-electron chi connectivity index (χ4n) is 2.59. The second-order valence-electron chi connectivity index (χ2n) is 6.43. The Morgan fingerprint density at radius 1 is 1.00 bits per heavy atom. The smallest absolute Gasteiger partial charge is 0.301 e. The molecule has 152 valence electrons. The van der Waals surface area contributed by atoms with Gasteiger partial charge in [-0.2, -0.15) is 5.10 Å². The van der Waals surface area contributed by atoms with Gasteiger partial charge in [0.15, 0.2) is 0 Å². The lowest BCUT2D eigenvalue weighted by atomic mass is 10.2. The monoisotopic (exact) mass is 406 g/mol. The minimum absolute atomic E-state index is 0.0497. The summed E-state index contributed by atoms with van der Waals surface area (Å²) in [6, 6.07) is 18.5. The van der Waals surface area contributed by atoms with Crippen LogP contribution < -0.4 is 10.2 Å². The molecule has 0 fully saturated rings. The summed E-state index contributed by atoms with van der Waals surface area (Å²) in [7, 11) is 0. The molecular formula is C21H18N4O5. The Morgan fingerprint density at radius 2 is 1.77 bits per heavy atom. The van der Waals surface area contributed by atoms with Crippen molar-refractivity contribution in [3.05, 3.63) is 104 Å². The van der Waals surface area contributed by atoms with Gasteiger partial charge in [0.2, 0.25) is 0 Å². The van der Waals surface area contributed by atoms with Gasteiger partial charge in [-0.25, -0.2) is 0 Å². The maximum absolute atomic E-state index is 11.2. The number of rotatable bonds is 8. The third-order valence-electron chi connectivity index (χ3n) is 4.17. The topological polar surface area (TPSA) is 120 Å². The maximum atomic E-state index is 11.2. The molecule has 1 N–H and O–H groups in total. The van der Waals surface area contributed by atoms with Crippen molar-refractivity contribution in [2.24, 2.45) is 5.10 Å². The number of hydrogen-bond acceptors (Lipinski definition) is 7. The third kappa shape index (κ3) is 5.38. The van der Waals surface area contributed by atoms with E-state index in [4.69, 9.17) is 4.74 Å². The molecule has 0 spiro atoms. The van der Waals surface area contributed by atoms with Crippen LogP contribution in [-0.2, 0) is 6.61 Å². The number of nitro groups is 2. The Kier molecular flexibility index (Phi) is 6.33. The first-order valence-corrected chi connectivity index (χ1v) is 8.93. The first kappa shape index (κ1) is 20.5. The predicted molar refractivity (Wildman–Crippen MR) is 113 cm³/mol. The molecule has 0 aromatic heterocycles. The van der Waals surface area contributed by atoms with Crippen LogP contribution in [0, 0.1) is 27.2 Å². The van der Waals surface area contributed by atoms with E-state index in [-0.39, 0.29) is 11.4 Å². The van der Waals surface area contributed by atoms with E-state index in [9.17, 15) is 20.2 Å². The molecule has 0 radical (unpaired) electrons. The summed E-state index contributed by atoms with van der Waals surface area (Å²) in [5.41, 5.74) is 4.75. The summed E-state index contributed by atoms with van der Waals surface area (Å²) < 4.78 is 5.79. The van der Waals surface area contributed by atoms with Crippen LogP contribution in [0.15, 0.2) is 71.8 Å². The molecule has 9 nitrogen and oxygen atoms in total. The van der Waals surface area contributed by atoms with Crippen LogP contribution in [0.1, 0.15) is 16.7 Å². The molecule has 30 heavy (non-hydrogen) atoms. The summed E-state index contributed by atoms with van der Waals surface area (Å²) in [6.45, 7) is 2.45. The average molecular weight is 406 g/mol. The van der Waals surface area contributed by atoms with Crippen molar-refractivity contribution in [2.75, 3.05) is 5.43 Å². The van der Waals surface area contributed by atoms with E-state index < -0.39 is 15.5 Å². The minimum atomic E-state index is -0.704. The maximum Gasteiger partial charge on any atom is 0.301 e. The molecule has 0 aliphatic heterocycles. The van der Waals surface area contributed by atoms with E-state index in [0.29, 0.717) is 17.9 Å². The van der Waals surface area contributed by atoms with Crippen LogP contribution in [0.4, 0.5) is 17.1 Å². The van der Waals surface area contributed by atoms with Gasteiger partial charge in [-0.1, -0.05) is 42.0 Å². The number of non-ortho nitro benzene ring substituents is 1. The Labute approximate surface area is 171 Å². The SMILES string of the molecule is Cc1ccc(COc2cccc(/C=N/Nc3ccc([N+](=O)[O-])cc3[N+](=O)[O-])c2)cc1. The van der Waals surface area contributed by atoms with Crippen molar-refractivity contribution >= 4 is 23.3 Å². The van der Waals surface area contributed by atoms with Crippen LogP contribution in [0.5, 0.6) is 5.75 Å². The summed E-state index contributed by atoms with van der Waals surface area (Å²) in [6.07, 6.45) is 1.48. The first-order chi connectivity index (χ1) is 14.4. The number of hydrazone groups is 1. The molecular weight excluding hydrogens is 388 g/mol. The van der Waals surface area contributed by atoms with Crippen molar-refractivity contribution in [1.29, 1.82) is 0 Å². The van der Waals surface area contributed by atoms with Gasteiger partial charge in [-0.05, 0) is 36.2 Å². The second kappa shape index (κ2) is 9.28. The quantitative estimate of drug-likeness (QED) is 0.325. The van der Waals surface area contributed by atoms with Crippen molar-refractivity contribution in [2.45, 2.75) is 13.5 Å². The van der Waals surface area contributed by atoms with E-state index in [1.807, 2.05) is 37.3 Å². The van der Waals surface area contributed by atoms with Gasteiger partial charge in [0, 0.05) is 6.07 Å². The zero-order valence-electron chi connectivity index (χ0n) is 16.0. The van der Waals surface area contributed by atoms with Gasteiger partial charge in [0.25, 0.3) is 5.69 Å². The molecule has 3 aromatic carbocycles. The van der Waals surface area contributed by atoms with E-state index in [2.05, 4.69) is 10.5 Å². The van der Waals surface area contributed by atoms with Gasteiger partial charge < -0.3 is 4.74 Å². The Balaban J connectivity index is 1.66. The Hall–Kier alpha value is -4.27. The highest BCUT2D eigenvalue weighted by atomic mass is 16.6. The number of nitrogens with one attached hydrogen (secondary N) is 1. The lowest BCUT2D eigenvalue weighted by molar-refractivity contribution is -0.393. The van der Waals surface area contributed by atoms with Crippen molar-refractivity contribution in [3.63, 3.8) is 0 Å². The fraction of sp³-hybridized carbons (Fsp3) is 0.0952. The van der Waals surface area contributed by atoms with E-state index in [0.717, 1.165) is 11.6 Å². The van der Waals surface area contributed by atoms with Gasteiger partial charge in [0.05, 0.1) is 22.1 Å². The highest BCUT2D eigenvalue weighted by Gasteiger charge is 2.19. The zero-order valence-corrected chi connectivity index (χ0v) is 16.0. The normalized spacial score (nSPS) is 10.7. The van der Waals surface area contributed by atoms with Crippen molar-refractivity contribution in [1.82, 2.24) is 0 Å². The molecule has 0 saturated heterocycles. The number of aryl methyl sites for hydroxylation is 1. The molecule has 0 amide bonds. The molecule has 3 aromatic rings. The zero-order chi connectivity index (χ0) is 21.5. The highest BCUT2D eigenvalue weighted by molar-refractivity contribution is 5.81. The molecule has 0 heterocycles. The Morgan fingerprint density at radius 3 is 2.47 bits per heavy atom. The van der Waals surface area contributed by atoms with E-state index >= 15 is 0 Å². The number of ether oxygens (including phenoxy) is 1. The molecule has 0 unspecified atom stereocenters. The number of hydrogen-bond donors (Lipinski definition) is 1. The standard InChI is InChI=1S/C21H18N4O5/c1-15-5-7-16(8-6-15)14-30-19-4-2-3-17(11-19)13-22-23-20-10-9-18(24(26)27)12-21(20)25(28)29/h2-13,23H,14H2,1H3/b22-13+. The van der Waals surface area contributed by atoms with Crippen LogP contribution in [0.3, 0.4) is 0 Å². The van der Waals surface area contributed by atoms with Crippen LogP contribution in [0.25, 0.3) is 0 Å². The number of nitrogens with zero attached hydrogens (tertiary/aromatic N) is 3. The summed E-state index contributed by atoms with van der Waals surface area (Å²) >= 11 is 0. The summed E-state index contributed by atoms with van der Waals surface area (Å²) in [5, 5.41) is 25.9. The summed E-state index contributed by atoms with van der Waals surface area (Å²) in [5.74, 6) is 0.654. The third-order valence-corrected chi connectivity index (χ3v) is 4.17. The van der Waals surface area contributed by atoms with Crippen LogP contribution in [-0.4, -0.2) is 16.1 Å². The number of benzene rings is 3. The van der Waals surface area contributed by atoms with Gasteiger partial charge in [-0.3, -0.25) is 25.7 Å². The van der Waals surface area contributed by atoms with Crippen LogP contribution in [0.2, 0.25) is 0 Å². The molecule has 0 saturated carbocycles. The van der Waals surface area contributed by atoms with E-state index in [1.165, 1.54) is 23.9 Å². The number of nitro benzene ring substituents is 2. The molecule has 9 heteroatoms. The van der Waals surface area contributed by atoms with Gasteiger partial charge >= 0.3 is 5.69 Å². The molecule has 0 bridgehead atoms. The van der Waals surface area contributed by atoms with Crippen LogP contribution >= 0.6 is 0 Å². The highest BCUT2D eigenvalue weighted by Crippen LogP contribution is 2.28. The lowest BCUT2D eigenvalue weighted by Crippen LogP contribution is -1.99. The second-order valence-corrected chi connectivity index (χ2v) is 6.43. The van der Waals surface area contributed by atoms with Crippen molar-refractivity contribution < 1.29 is 14.6 Å². The lowest BCUT2D eigenvalue weighted by Gasteiger charge is -2.07. The molecule has 0 atom stereocenters.